The van der Waals surface area contributed by atoms with Crippen LogP contribution in [-0.2, 0) is 6.61 Å². The third kappa shape index (κ3) is 2.70. The molecular weight excluding hydrogens is 232 g/mol. The van der Waals surface area contributed by atoms with Gasteiger partial charge in [-0.05, 0) is 25.1 Å². The van der Waals surface area contributed by atoms with Crippen molar-refractivity contribution in [1.82, 2.24) is 5.43 Å². The summed E-state index contributed by atoms with van der Waals surface area (Å²) < 4.78 is 10.9. The fourth-order valence-electron chi connectivity index (χ4n) is 1.58. The highest BCUT2D eigenvalue weighted by Gasteiger charge is 2.14. The predicted octanol–water partition coefficient (Wildman–Crippen LogP) is 1.77. The molecule has 2 aromatic rings. The van der Waals surface area contributed by atoms with Gasteiger partial charge in [-0.15, -0.1) is 0 Å². The summed E-state index contributed by atoms with van der Waals surface area (Å²) in [6, 6.07) is 11.1. The minimum absolute atomic E-state index is 0.212. The number of nitrogens with two attached hydrogens (primary N) is 1. The number of carbonyl (C=O) groups is 1. The van der Waals surface area contributed by atoms with Gasteiger partial charge in [0, 0.05) is 5.56 Å². The van der Waals surface area contributed by atoms with Crippen molar-refractivity contribution < 1.29 is 13.9 Å². The first-order chi connectivity index (χ1) is 8.70. The summed E-state index contributed by atoms with van der Waals surface area (Å²) >= 11 is 0. The van der Waals surface area contributed by atoms with Crippen LogP contribution in [0.1, 0.15) is 21.9 Å². The summed E-state index contributed by atoms with van der Waals surface area (Å²) in [7, 11) is 0. The number of carbonyl (C=O) groups excluding carboxylic acids is 1. The standard InChI is InChI=1S/C13H14N2O3/c1-9-7-11(18-12(9)13(16)15-14)8-17-10-5-3-2-4-6-10/h2-7H,8,14H2,1H3,(H,15,16). The Hall–Kier alpha value is -2.27. The number of furan rings is 1. The highest BCUT2D eigenvalue weighted by molar-refractivity contribution is 5.92. The summed E-state index contributed by atoms with van der Waals surface area (Å²) in [6.45, 7) is 2.04. The van der Waals surface area contributed by atoms with E-state index in [4.69, 9.17) is 15.0 Å². The number of nitrogen functional groups attached to an aromatic ring is 1. The Morgan fingerprint density at radius 3 is 2.78 bits per heavy atom. The number of benzene rings is 1. The molecule has 1 amide bonds. The van der Waals surface area contributed by atoms with Gasteiger partial charge in [-0.1, -0.05) is 18.2 Å². The Labute approximate surface area is 105 Å². The first-order valence-corrected chi connectivity index (χ1v) is 5.49. The van der Waals surface area contributed by atoms with E-state index in [2.05, 4.69) is 0 Å². The fraction of sp³-hybridized carbons (Fsp3) is 0.154. The first kappa shape index (κ1) is 12.2. The number of hydrogen-bond acceptors (Lipinski definition) is 4. The van der Waals surface area contributed by atoms with E-state index >= 15 is 0 Å². The van der Waals surface area contributed by atoms with E-state index in [1.165, 1.54) is 0 Å². The van der Waals surface area contributed by atoms with E-state index in [1.807, 2.05) is 35.8 Å². The molecule has 18 heavy (non-hydrogen) atoms. The molecule has 1 aromatic carbocycles. The smallest absolute Gasteiger partial charge is 0.301 e. The van der Waals surface area contributed by atoms with Crippen molar-refractivity contribution >= 4 is 5.91 Å². The van der Waals surface area contributed by atoms with Crippen LogP contribution in [0.25, 0.3) is 0 Å². The van der Waals surface area contributed by atoms with Gasteiger partial charge < -0.3 is 9.15 Å². The molecule has 0 saturated heterocycles. The Morgan fingerprint density at radius 1 is 1.39 bits per heavy atom. The Kier molecular flexibility index (Phi) is 3.64. The van der Waals surface area contributed by atoms with E-state index in [0.717, 1.165) is 11.3 Å². The number of hydrazine groups is 1. The SMILES string of the molecule is Cc1cc(COc2ccccc2)oc1C(=O)NN. The van der Waals surface area contributed by atoms with Crippen LogP contribution in [0.4, 0.5) is 0 Å². The topological polar surface area (TPSA) is 77.5 Å². The van der Waals surface area contributed by atoms with Crippen LogP contribution in [0.3, 0.4) is 0 Å². The number of hydrogen-bond donors (Lipinski definition) is 2. The van der Waals surface area contributed by atoms with Crippen molar-refractivity contribution in [3.8, 4) is 5.75 Å². The number of nitrogens with one attached hydrogen (secondary N) is 1. The van der Waals surface area contributed by atoms with Crippen molar-refractivity contribution in [2.45, 2.75) is 13.5 Å². The largest absolute Gasteiger partial charge is 0.486 e. The maximum atomic E-state index is 11.4. The molecule has 1 aromatic heterocycles. The van der Waals surface area contributed by atoms with Crippen molar-refractivity contribution in [3.63, 3.8) is 0 Å². The van der Waals surface area contributed by atoms with Crippen LogP contribution in [0.5, 0.6) is 5.75 Å². The minimum atomic E-state index is -0.446. The lowest BCUT2D eigenvalue weighted by Gasteiger charge is -2.02. The summed E-state index contributed by atoms with van der Waals surface area (Å²) in [4.78, 5) is 11.4. The molecule has 0 aliphatic carbocycles. The van der Waals surface area contributed by atoms with Crippen molar-refractivity contribution in [1.29, 1.82) is 0 Å². The summed E-state index contributed by atoms with van der Waals surface area (Å²) in [5.41, 5.74) is 2.76. The molecule has 0 unspecified atom stereocenters. The van der Waals surface area contributed by atoms with Gasteiger partial charge in [-0.2, -0.15) is 0 Å². The molecule has 3 N–H and O–H groups in total. The van der Waals surface area contributed by atoms with Crippen LogP contribution in [0.2, 0.25) is 0 Å². The summed E-state index contributed by atoms with van der Waals surface area (Å²) in [5, 5.41) is 0. The average Bonchev–Trinajstić information content (AvgIpc) is 2.78. The van der Waals surface area contributed by atoms with Gasteiger partial charge in [0.05, 0.1) is 0 Å². The predicted molar refractivity (Wildman–Crippen MR) is 65.9 cm³/mol. The fourth-order valence-corrected chi connectivity index (χ4v) is 1.58. The molecule has 0 spiro atoms. The molecule has 5 nitrogen and oxygen atoms in total. The van der Waals surface area contributed by atoms with Gasteiger partial charge in [0.25, 0.3) is 0 Å². The second-order valence-corrected chi connectivity index (χ2v) is 3.80. The lowest BCUT2D eigenvalue weighted by molar-refractivity contribution is 0.0921. The van der Waals surface area contributed by atoms with E-state index in [9.17, 15) is 4.79 Å². The zero-order valence-corrected chi connectivity index (χ0v) is 9.97. The summed E-state index contributed by atoms with van der Waals surface area (Å²) in [5.74, 6) is 6.15. The second kappa shape index (κ2) is 5.37. The highest BCUT2D eigenvalue weighted by atomic mass is 16.5. The quantitative estimate of drug-likeness (QED) is 0.489. The zero-order chi connectivity index (χ0) is 13.0. The van der Waals surface area contributed by atoms with Gasteiger partial charge in [0.15, 0.2) is 5.76 Å². The normalized spacial score (nSPS) is 10.1. The van der Waals surface area contributed by atoms with Crippen LogP contribution in [0, 0.1) is 6.92 Å². The van der Waals surface area contributed by atoms with Crippen LogP contribution in [-0.4, -0.2) is 5.91 Å². The van der Waals surface area contributed by atoms with Gasteiger partial charge in [0.1, 0.15) is 18.1 Å². The third-order valence-corrected chi connectivity index (χ3v) is 2.43. The molecular formula is C13H14N2O3. The Bertz CT molecular complexity index is 534. The number of para-hydroxylation sites is 1. The molecule has 0 aliphatic rings. The van der Waals surface area contributed by atoms with Gasteiger partial charge in [-0.25, -0.2) is 5.84 Å². The highest BCUT2D eigenvalue weighted by Crippen LogP contribution is 2.17. The van der Waals surface area contributed by atoms with Gasteiger partial charge in [-0.3, -0.25) is 10.2 Å². The molecule has 94 valence electrons. The molecule has 1 heterocycles. The van der Waals surface area contributed by atoms with Gasteiger partial charge >= 0.3 is 5.91 Å². The van der Waals surface area contributed by atoms with Crippen LogP contribution >= 0.6 is 0 Å². The van der Waals surface area contributed by atoms with Crippen molar-refractivity contribution in [3.05, 3.63) is 53.5 Å². The van der Waals surface area contributed by atoms with Crippen molar-refractivity contribution in [2.24, 2.45) is 5.84 Å². The second-order valence-electron chi connectivity index (χ2n) is 3.80. The number of rotatable bonds is 4. The van der Waals surface area contributed by atoms with Crippen molar-refractivity contribution in [2.75, 3.05) is 0 Å². The molecule has 0 atom stereocenters. The lowest BCUT2D eigenvalue weighted by atomic mass is 10.2. The van der Waals surface area contributed by atoms with E-state index in [-0.39, 0.29) is 12.4 Å². The Morgan fingerprint density at radius 2 is 2.11 bits per heavy atom. The van der Waals surface area contributed by atoms with E-state index in [1.54, 1.807) is 13.0 Å². The Balaban J connectivity index is 2.05. The first-order valence-electron chi connectivity index (χ1n) is 5.49. The molecule has 0 saturated carbocycles. The molecule has 5 heteroatoms. The van der Waals surface area contributed by atoms with Gasteiger partial charge in [0.2, 0.25) is 0 Å². The molecule has 0 bridgehead atoms. The number of ether oxygens (including phenoxy) is 1. The van der Waals surface area contributed by atoms with E-state index in [0.29, 0.717) is 5.76 Å². The molecule has 2 rings (SSSR count). The van der Waals surface area contributed by atoms with Crippen LogP contribution in [0.15, 0.2) is 40.8 Å². The molecule has 0 radical (unpaired) electrons. The maximum absolute atomic E-state index is 11.4. The average molecular weight is 246 g/mol. The number of aryl methyl sites for hydroxylation is 1. The third-order valence-electron chi connectivity index (χ3n) is 2.43. The molecule has 0 aliphatic heterocycles. The summed E-state index contributed by atoms with van der Waals surface area (Å²) in [6.07, 6.45) is 0. The number of amides is 1. The molecule has 0 fully saturated rings. The minimum Gasteiger partial charge on any atom is -0.486 e. The maximum Gasteiger partial charge on any atom is 0.301 e. The zero-order valence-electron chi connectivity index (χ0n) is 9.97. The monoisotopic (exact) mass is 246 g/mol. The van der Waals surface area contributed by atoms with Crippen LogP contribution < -0.4 is 16.0 Å². The lowest BCUT2D eigenvalue weighted by Crippen LogP contribution is -2.30. The van der Waals surface area contributed by atoms with E-state index < -0.39 is 5.91 Å².